The molecule has 0 bridgehead atoms. The minimum absolute atomic E-state index is 0.588. The number of halogens is 2. The molecular formula is C11H14Br2N2. The zero-order valence-electron chi connectivity index (χ0n) is 8.87. The van der Waals surface area contributed by atoms with Crippen molar-refractivity contribution in [3.63, 3.8) is 0 Å². The van der Waals surface area contributed by atoms with Crippen molar-refractivity contribution in [2.75, 3.05) is 11.4 Å². The van der Waals surface area contributed by atoms with E-state index in [-0.39, 0.29) is 0 Å². The van der Waals surface area contributed by atoms with Crippen LogP contribution in [0.25, 0.3) is 0 Å². The van der Waals surface area contributed by atoms with Crippen LogP contribution in [0.4, 0.5) is 5.82 Å². The van der Waals surface area contributed by atoms with E-state index in [9.17, 15) is 0 Å². The largest absolute Gasteiger partial charge is 0.353 e. The monoisotopic (exact) mass is 332 g/mol. The van der Waals surface area contributed by atoms with Gasteiger partial charge in [-0.3, -0.25) is 0 Å². The standard InChI is InChI=1S/C11H14Br2N2/c1-7-3-8(2)15(6-7)11-10(13)4-9(12)5-14-11/h4-5,7-8H,3,6H2,1-2H3. The molecule has 1 aliphatic heterocycles. The lowest BCUT2D eigenvalue weighted by molar-refractivity contribution is 0.625. The van der Waals surface area contributed by atoms with Crippen LogP contribution in [-0.4, -0.2) is 17.6 Å². The maximum atomic E-state index is 4.48. The van der Waals surface area contributed by atoms with Gasteiger partial charge >= 0.3 is 0 Å². The van der Waals surface area contributed by atoms with E-state index in [0.29, 0.717) is 6.04 Å². The Morgan fingerprint density at radius 1 is 1.40 bits per heavy atom. The van der Waals surface area contributed by atoms with Crippen LogP contribution >= 0.6 is 31.9 Å². The fourth-order valence-electron chi connectivity index (χ4n) is 2.21. The summed E-state index contributed by atoms with van der Waals surface area (Å²) in [5.74, 6) is 1.83. The lowest BCUT2D eigenvalue weighted by Gasteiger charge is -2.23. The highest BCUT2D eigenvalue weighted by molar-refractivity contribution is 9.11. The molecule has 4 heteroatoms. The molecule has 0 saturated carbocycles. The van der Waals surface area contributed by atoms with E-state index >= 15 is 0 Å². The van der Waals surface area contributed by atoms with Gasteiger partial charge in [-0.25, -0.2) is 4.98 Å². The van der Waals surface area contributed by atoms with E-state index < -0.39 is 0 Å². The summed E-state index contributed by atoms with van der Waals surface area (Å²) in [5, 5.41) is 0. The van der Waals surface area contributed by atoms with Gasteiger partial charge in [0.2, 0.25) is 0 Å². The first-order chi connectivity index (χ1) is 7.08. The number of hydrogen-bond acceptors (Lipinski definition) is 2. The Morgan fingerprint density at radius 2 is 2.13 bits per heavy atom. The van der Waals surface area contributed by atoms with Gasteiger partial charge in [0, 0.05) is 23.3 Å². The van der Waals surface area contributed by atoms with Gasteiger partial charge in [-0.1, -0.05) is 6.92 Å². The Bertz CT molecular complexity index is 368. The third-order valence-corrected chi connectivity index (χ3v) is 3.86. The molecule has 0 amide bonds. The van der Waals surface area contributed by atoms with E-state index in [1.54, 1.807) is 0 Å². The molecule has 2 rings (SSSR count). The first-order valence-corrected chi connectivity index (χ1v) is 6.74. The molecule has 15 heavy (non-hydrogen) atoms. The highest BCUT2D eigenvalue weighted by Crippen LogP contribution is 2.33. The summed E-state index contributed by atoms with van der Waals surface area (Å²) < 4.78 is 2.08. The molecule has 0 spiro atoms. The number of nitrogens with zero attached hydrogens (tertiary/aromatic N) is 2. The van der Waals surface area contributed by atoms with Gasteiger partial charge in [0.1, 0.15) is 5.82 Å². The van der Waals surface area contributed by atoms with Crippen LogP contribution in [0.3, 0.4) is 0 Å². The highest BCUT2D eigenvalue weighted by atomic mass is 79.9. The Kier molecular flexibility index (Phi) is 3.36. The first kappa shape index (κ1) is 11.4. The van der Waals surface area contributed by atoms with Crippen molar-refractivity contribution in [3.8, 4) is 0 Å². The lowest BCUT2D eigenvalue weighted by Crippen LogP contribution is -2.27. The second kappa shape index (κ2) is 4.42. The second-order valence-electron chi connectivity index (χ2n) is 4.30. The number of aromatic nitrogens is 1. The molecule has 82 valence electrons. The van der Waals surface area contributed by atoms with Gasteiger partial charge in [-0.05, 0) is 57.2 Å². The SMILES string of the molecule is CC1CC(C)N(c2ncc(Br)cc2Br)C1. The number of hydrogen-bond donors (Lipinski definition) is 0. The molecule has 1 aromatic rings. The summed E-state index contributed by atoms with van der Waals surface area (Å²) in [6.45, 7) is 5.66. The van der Waals surface area contributed by atoms with Crippen LogP contribution in [0.2, 0.25) is 0 Å². The zero-order chi connectivity index (χ0) is 11.0. The fourth-order valence-corrected chi connectivity index (χ4v) is 3.43. The third-order valence-electron chi connectivity index (χ3n) is 2.84. The molecule has 2 nitrogen and oxygen atoms in total. The molecule has 1 saturated heterocycles. The maximum Gasteiger partial charge on any atom is 0.143 e. The summed E-state index contributed by atoms with van der Waals surface area (Å²) in [4.78, 5) is 6.85. The summed E-state index contributed by atoms with van der Waals surface area (Å²) in [7, 11) is 0. The molecule has 0 aromatic carbocycles. The van der Waals surface area contributed by atoms with Crippen LogP contribution in [0.5, 0.6) is 0 Å². The molecule has 0 radical (unpaired) electrons. The van der Waals surface area contributed by atoms with E-state index in [2.05, 4.69) is 61.7 Å². The van der Waals surface area contributed by atoms with Crippen LogP contribution in [0.1, 0.15) is 20.3 Å². The van der Waals surface area contributed by atoms with Crippen LogP contribution in [0.15, 0.2) is 21.2 Å². The van der Waals surface area contributed by atoms with Crippen molar-refractivity contribution >= 4 is 37.7 Å². The van der Waals surface area contributed by atoms with Crippen molar-refractivity contribution in [2.24, 2.45) is 5.92 Å². The van der Waals surface area contributed by atoms with Crippen LogP contribution < -0.4 is 4.90 Å². The summed E-state index contributed by atoms with van der Waals surface area (Å²) in [5.41, 5.74) is 0. The van der Waals surface area contributed by atoms with Crippen LogP contribution in [0, 0.1) is 5.92 Å². The Labute approximate surface area is 107 Å². The number of pyridine rings is 1. The predicted molar refractivity (Wildman–Crippen MR) is 70.2 cm³/mol. The topological polar surface area (TPSA) is 16.1 Å². The van der Waals surface area contributed by atoms with Crippen molar-refractivity contribution in [2.45, 2.75) is 26.3 Å². The summed E-state index contributed by atoms with van der Waals surface area (Å²) in [6.07, 6.45) is 3.11. The Hall–Kier alpha value is -0.0900. The van der Waals surface area contributed by atoms with Gasteiger partial charge in [-0.15, -0.1) is 0 Å². The maximum absolute atomic E-state index is 4.48. The molecule has 1 fully saturated rings. The van der Waals surface area contributed by atoms with Gasteiger partial charge in [-0.2, -0.15) is 0 Å². The summed E-state index contributed by atoms with van der Waals surface area (Å²) in [6, 6.07) is 2.64. The second-order valence-corrected chi connectivity index (χ2v) is 6.07. The van der Waals surface area contributed by atoms with Crippen molar-refractivity contribution < 1.29 is 0 Å². The van der Waals surface area contributed by atoms with Crippen molar-refractivity contribution in [3.05, 3.63) is 21.2 Å². The molecule has 1 aliphatic rings. The summed E-state index contributed by atoms with van der Waals surface area (Å²) >= 11 is 6.99. The van der Waals surface area contributed by atoms with Gasteiger partial charge in [0.15, 0.2) is 0 Å². The molecule has 0 aliphatic carbocycles. The minimum atomic E-state index is 0.588. The van der Waals surface area contributed by atoms with Gasteiger partial charge in [0.05, 0.1) is 4.47 Å². The molecule has 1 aromatic heterocycles. The average Bonchev–Trinajstić information content (AvgIpc) is 2.45. The molecule has 2 atom stereocenters. The molecule has 2 unspecified atom stereocenters. The van der Waals surface area contributed by atoms with Gasteiger partial charge in [0.25, 0.3) is 0 Å². The lowest BCUT2D eigenvalue weighted by atomic mass is 10.1. The molecule has 2 heterocycles. The Morgan fingerprint density at radius 3 is 2.67 bits per heavy atom. The van der Waals surface area contributed by atoms with Crippen LogP contribution in [-0.2, 0) is 0 Å². The van der Waals surface area contributed by atoms with Crippen molar-refractivity contribution in [1.82, 2.24) is 4.98 Å². The molecular weight excluding hydrogens is 320 g/mol. The molecule has 0 N–H and O–H groups in total. The minimum Gasteiger partial charge on any atom is -0.353 e. The van der Waals surface area contributed by atoms with Crippen molar-refractivity contribution in [1.29, 1.82) is 0 Å². The first-order valence-electron chi connectivity index (χ1n) is 5.15. The fraction of sp³-hybridized carbons (Fsp3) is 0.545. The Balaban J connectivity index is 2.29. The van der Waals surface area contributed by atoms with E-state index in [0.717, 1.165) is 27.2 Å². The number of anilines is 1. The smallest absolute Gasteiger partial charge is 0.143 e. The third kappa shape index (κ3) is 2.36. The van der Waals surface area contributed by atoms with E-state index in [4.69, 9.17) is 0 Å². The number of rotatable bonds is 1. The quantitative estimate of drug-likeness (QED) is 0.776. The zero-order valence-corrected chi connectivity index (χ0v) is 12.0. The normalized spacial score (nSPS) is 26.0. The highest BCUT2D eigenvalue weighted by Gasteiger charge is 2.28. The average molecular weight is 334 g/mol. The van der Waals surface area contributed by atoms with Gasteiger partial charge < -0.3 is 4.90 Å². The van der Waals surface area contributed by atoms with E-state index in [1.807, 2.05) is 6.20 Å². The van der Waals surface area contributed by atoms with E-state index in [1.165, 1.54) is 6.42 Å². The predicted octanol–water partition coefficient (Wildman–Crippen LogP) is 3.84.